The molecule has 0 aromatic rings. The maximum Gasteiger partial charge on any atom is -0.0357 e. The van der Waals surface area contributed by atoms with E-state index in [1.54, 1.807) is 19.3 Å². The van der Waals surface area contributed by atoms with E-state index in [0.29, 0.717) is 0 Å². The third kappa shape index (κ3) is 4.28. The van der Waals surface area contributed by atoms with E-state index in [2.05, 4.69) is 20.8 Å². The maximum atomic E-state index is 2.44. The summed E-state index contributed by atoms with van der Waals surface area (Å²) in [5, 5.41) is 0. The van der Waals surface area contributed by atoms with Crippen LogP contribution in [-0.2, 0) is 0 Å². The van der Waals surface area contributed by atoms with Gasteiger partial charge in [0.05, 0.1) is 0 Å². The van der Waals surface area contributed by atoms with Gasteiger partial charge in [0, 0.05) is 0 Å². The number of rotatable bonds is 4. The molecule has 0 saturated heterocycles. The standard InChI is InChI=1S/C14H26.2C2H6/c1-4-10(3)12-8-13(9-12)14-7-6-11(14)5-2;2*1-2/h10-14H,4-9H2,1-3H3;2*1-2H3. The summed E-state index contributed by atoms with van der Waals surface area (Å²) in [6.45, 7) is 15.2. The summed E-state index contributed by atoms with van der Waals surface area (Å²) >= 11 is 0. The van der Waals surface area contributed by atoms with Crippen LogP contribution in [0.15, 0.2) is 0 Å². The quantitative estimate of drug-likeness (QED) is 0.534. The molecule has 2 rings (SSSR count). The van der Waals surface area contributed by atoms with Crippen LogP contribution in [0.25, 0.3) is 0 Å². The smallest absolute Gasteiger partial charge is 0.0357 e. The first-order chi connectivity index (χ1) is 8.76. The van der Waals surface area contributed by atoms with Crippen LogP contribution < -0.4 is 0 Å². The van der Waals surface area contributed by atoms with Gasteiger partial charge in [-0.15, -0.1) is 0 Å². The lowest BCUT2D eigenvalue weighted by Crippen LogP contribution is -2.41. The lowest BCUT2D eigenvalue weighted by molar-refractivity contribution is 0.000160. The van der Waals surface area contributed by atoms with Gasteiger partial charge in [-0.05, 0) is 55.3 Å². The summed E-state index contributed by atoms with van der Waals surface area (Å²) in [6, 6.07) is 0. The molecule has 0 N–H and O–H groups in total. The Hall–Kier alpha value is 0. The molecule has 0 heteroatoms. The highest BCUT2D eigenvalue weighted by Gasteiger charge is 2.43. The molecule has 0 aromatic carbocycles. The second-order valence-corrected chi connectivity index (χ2v) is 5.79. The average Bonchev–Trinajstić information content (AvgIpc) is 2.36. The first kappa shape index (κ1) is 18.0. The predicted molar refractivity (Wildman–Crippen MR) is 84.9 cm³/mol. The fraction of sp³-hybridized carbons (Fsp3) is 1.00. The van der Waals surface area contributed by atoms with Crippen molar-refractivity contribution in [2.75, 3.05) is 0 Å². The Kier molecular flexibility index (Phi) is 9.87. The van der Waals surface area contributed by atoms with E-state index in [4.69, 9.17) is 0 Å². The van der Waals surface area contributed by atoms with Crippen LogP contribution in [0.5, 0.6) is 0 Å². The molecule has 0 radical (unpaired) electrons. The van der Waals surface area contributed by atoms with Gasteiger partial charge in [-0.25, -0.2) is 0 Å². The summed E-state index contributed by atoms with van der Waals surface area (Å²) in [5.41, 5.74) is 0. The largest absolute Gasteiger partial charge is 0.0683 e. The Morgan fingerprint density at radius 2 is 1.50 bits per heavy atom. The van der Waals surface area contributed by atoms with Gasteiger partial charge in [0.25, 0.3) is 0 Å². The Morgan fingerprint density at radius 3 is 1.83 bits per heavy atom. The van der Waals surface area contributed by atoms with E-state index < -0.39 is 0 Å². The van der Waals surface area contributed by atoms with Crippen molar-refractivity contribution >= 4 is 0 Å². The van der Waals surface area contributed by atoms with Crippen molar-refractivity contribution in [1.29, 1.82) is 0 Å². The van der Waals surface area contributed by atoms with Gasteiger partial charge in [-0.3, -0.25) is 0 Å². The Morgan fingerprint density at radius 1 is 0.944 bits per heavy atom. The molecule has 3 unspecified atom stereocenters. The van der Waals surface area contributed by atoms with Gasteiger partial charge in [-0.1, -0.05) is 61.3 Å². The Labute approximate surface area is 117 Å². The molecule has 110 valence electrons. The molecule has 2 saturated carbocycles. The highest BCUT2D eigenvalue weighted by molar-refractivity contribution is 4.93. The molecular weight excluding hydrogens is 216 g/mol. The molecule has 2 aliphatic rings. The molecule has 18 heavy (non-hydrogen) atoms. The van der Waals surface area contributed by atoms with Crippen molar-refractivity contribution in [2.45, 2.75) is 87.0 Å². The van der Waals surface area contributed by atoms with E-state index in [-0.39, 0.29) is 0 Å². The highest BCUT2D eigenvalue weighted by atomic mass is 14.5. The van der Waals surface area contributed by atoms with Gasteiger partial charge in [0.15, 0.2) is 0 Å². The lowest BCUT2D eigenvalue weighted by atomic mass is 9.55. The third-order valence-corrected chi connectivity index (χ3v) is 5.27. The molecule has 0 nitrogen and oxygen atoms in total. The van der Waals surface area contributed by atoms with Crippen LogP contribution in [0.3, 0.4) is 0 Å². The highest BCUT2D eigenvalue weighted by Crippen LogP contribution is 2.52. The maximum absolute atomic E-state index is 2.44. The van der Waals surface area contributed by atoms with Crippen LogP contribution in [-0.4, -0.2) is 0 Å². The summed E-state index contributed by atoms with van der Waals surface area (Å²) in [6.07, 6.45) is 9.04. The van der Waals surface area contributed by atoms with Crippen molar-refractivity contribution < 1.29 is 0 Å². The predicted octanol–water partition coefficient (Wildman–Crippen LogP) is 6.55. The third-order valence-electron chi connectivity index (χ3n) is 5.27. The number of hydrogen-bond acceptors (Lipinski definition) is 0. The van der Waals surface area contributed by atoms with E-state index in [1.165, 1.54) is 19.3 Å². The minimum atomic E-state index is 0.992. The van der Waals surface area contributed by atoms with Gasteiger partial charge in [0.2, 0.25) is 0 Å². The molecule has 0 bridgehead atoms. The molecule has 3 atom stereocenters. The monoisotopic (exact) mass is 254 g/mol. The fourth-order valence-corrected chi connectivity index (χ4v) is 3.58. The second-order valence-electron chi connectivity index (χ2n) is 5.79. The molecule has 2 fully saturated rings. The zero-order valence-corrected chi connectivity index (χ0v) is 14.1. The molecule has 0 spiro atoms. The van der Waals surface area contributed by atoms with Crippen LogP contribution in [0.1, 0.15) is 87.0 Å². The first-order valence-corrected chi connectivity index (χ1v) is 8.76. The Bertz CT molecular complexity index is 176. The van der Waals surface area contributed by atoms with E-state index >= 15 is 0 Å². The first-order valence-electron chi connectivity index (χ1n) is 8.76. The van der Waals surface area contributed by atoms with E-state index in [0.717, 1.165) is 29.6 Å². The number of hydrogen-bond donors (Lipinski definition) is 0. The SMILES string of the molecule is CC.CC.CCC(C)C1CC(C2CCC2CC)C1. The van der Waals surface area contributed by atoms with Crippen molar-refractivity contribution in [1.82, 2.24) is 0 Å². The van der Waals surface area contributed by atoms with Crippen LogP contribution in [0.2, 0.25) is 0 Å². The van der Waals surface area contributed by atoms with Gasteiger partial charge < -0.3 is 0 Å². The molecule has 0 amide bonds. The summed E-state index contributed by atoms with van der Waals surface area (Å²) in [4.78, 5) is 0. The molecule has 0 aliphatic heterocycles. The van der Waals surface area contributed by atoms with Gasteiger partial charge in [-0.2, -0.15) is 0 Å². The molecule has 0 heterocycles. The van der Waals surface area contributed by atoms with E-state index in [1.807, 2.05) is 27.7 Å². The minimum Gasteiger partial charge on any atom is -0.0683 e. The normalized spacial score (nSPS) is 34.8. The zero-order chi connectivity index (χ0) is 14.1. The Balaban J connectivity index is 0.000000659. The van der Waals surface area contributed by atoms with Gasteiger partial charge in [0.1, 0.15) is 0 Å². The van der Waals surface area contributed by atoms with Crippen molar-refractivity contribution in [2.24, 2.45) is 29.6 Å². The fourth-order valence-electron chi connectivity index (χ4n) is 3.58. The van der Waals surface area contributed by atoms with Crippen molar-refractivity contribution in [3.63, 3.8) is 0 Å². The molecule has 2 aliphatic carbocycles. The van der Waals surface area contributed by atoms with Crippen LogP contribution in [0, 0.1) is 29.6 Å². The van der Waals surface area contributed by atoms with Crippen LogP contribution in [0.4, 0.5) is 0 Å². The topological polar surface area (TPSA) is 0 Å². The molecular formula is C18H38. The van der Waals surface area contributed by atoms with Crippen molar-refractivity contribution in [3.8, 4) is 0 Å². The summed E-state index contributed by atoms with van der Waals surface area (Å²) in [7, 11) is 0. The van der Waals surface area contributed by atoms with Crippen LogP contribution >= 0.6 is 0 Å². The second kappa shape index (κ2) is 9.87. The summed E-state index contributed by atoms with van der Waals surface area (Å²) < 4.78 is 0. The van der Waals surface area contributed by atoms with E-state index in [9.17, 15) is 0 Å². The average molecular weight is 255 g/mol. The van der Waals surface area contributed by atoms with Crippen molar-refractivity contribution in [3.05, 3.63) is 0 Å². The summed E-state index contributed by atoms with van der Waals surface area (Å²) in [5.74, 6) is 5.46. The minimum absolute atomic E-state index is 0.992. The lowest BCUT2D eigenvalue weighted by Gasteiger charge is -2.50. The van der Waals surface area contributed by atoms with Gasteiger partial charge >= 0.3 is 0 Å². The molecule has 0 aromatic heterocycles. The zero-order valence-electron chi connectivity index (χ0n) is 14.1.